The van der Waals surface area contributed by atoms with Gasteiger partial charge in [-0.1, -0.05) is 31.9 Å². The standard InChI is InChI=1S/C17H25NO3/c1-10-4-3-5-13(8-10)18(2)16(19)14-11-6-7-12(9-11)15(14)17(20)21/h6-7,10-15H,3-5,8-9H2,1-2H3,(H,20,21). The number of amides is 1. The van der Waals surface area contributed by atoms with Crippen molar-refractivity contribution in [1.29, 1.82) is 0 Å². The largest absolute Gasteiger partial charge is 0.481 e. The van der Waals surface area contributed by atoms with E-state index in [-0.39, 0.29) is 23.7 Å². The summed E-state index contributed by atoms with van der Waals surface area (Å²) >= 11 is 0. The highest BCUT2D eigenvalue weighted by Gasteiger charge is 2.52. The predicted molar refractivity (Wildman–Crippen MR) is 79.5 cm³/mol. The molecule has 0 aromatic rings. The average Bonchev–Trinajstić information content (AvgIpc) is 3.06. The molecule has 2 saturated carbocycles. The maximum absolute atomic E-state index is 12.9. The lowest BCUT2D eigenvalue weighted by Crippen LogP contribution is -2.46. The zero-order chi connectivity index (χ0) is 15.1. The molecule has 0 saturated heterocycles. The van der Waals surface area contributed by atoms with E-state index < -0.39 is 11.9 Å². The topological polar surface area (TPSA) is 57.6 Å². The molecule has 2 fully saturated rings. The molecule has 3 aliphatic carbocycles. The molecule has 4 nitrogen and oxygen atoms in total. The van der Waals surface area contributed by atoms with Gasteiger partial charge < -0.3 is 10.0 Å². The first-order valence-corrected chi connectivity index (χ1v) is 8.17. The number of carboxylic acids is 1. The summed E-state index contributed by atoms with van der Waals surface area (Å²) in [5.74, 6) is -0.772. The molecule has 0 radical (unpaired) electrons. The van der Waals surface area contributed by atoms with E-state index >= 15 is 0 Å². The summed E-state index contributed by atoms with van der Waals surface area (Å²) in [6, 6.07) is 0.291. The number of nitrogens with zero attached hydrogens (tertiary/aromatic N) is 1. The summed E-state index contributed by atoms with van der Waals surface area (Å²) < 4.78 is 0. The van der Waals surface area contributed by atoms with Crippen LogP contribution in [0.2, 0.25) is 0 Å². The number of carbonyl (C=O) groups excluding carboxylic acids is 1. The van der Waals surface area contributed by atoms with E-state index in [0.29, 0.717) is 12.0 Å². The molecular formula is C17H25NO3. The van der Waals surface area contributed by atoms with Crippen molar-refractivity contribution in [2.24, 2.45) is 29.6 Å². The minimum atomic E-state index is -0.810. The number of carboxylic acid groups (broad SMARTS) is 1. The molecule has 2 bridgehead atoms. The van der Waals surface area contributed by atoms with Crippen LogP contribution < -0.4 is 0 Å². The minimum absolute atomic E-state index is 0.0540. The fraction of sp³-hybridized carbons (Fsp3) is 0.765. The number of hydrogen-bond acceptors (Lipinski definition) is 2. The van der Waals surface area contributed by atoms with Crippen LogP contribution in [0.3, 0.4) is 0 Å². The van der Waals surface area contributed by atoms with Crippen LogP contribution in [0.25, 0.3) is 0 Å². The zero-order valence-corrected chi connectivity index (χ0v) is 12.9. The summed E-state index contributed by atoms with van der Waals surface area (Å²) in [6.45, 7) is 2.24. The van der Waals surface area contributed by atoms with E-state index in [1.54, 1.807) is 0 Å². The van der Waals surface area contributed by atoms with Crippen molar-refractivity contribution in [1.82, 2.24) is 4.90 Å². The maximum atomic E-state index is 12.9. The molecule has 0 aromatic carbocycles. The van der Waals surface area contributed by atoms with Crippen molar-refractivity contribution in [3.63, 3.8) is 0 Å². The number of allylic oxidation sites excluding steroid dienone is 2. The first-order valence-electron chi connectivity index (χ1n) is 8.17. The van der Waals surface area contributed by atoms with E-state index in [9.17, 15) is 14.7 Å². The van der Waals surface area contributed by atoms with Crippen LogP contribution in [-0.4, -0.2) is 35.0 Å². The second-order valence-corrected chi connectivity index (χ2v) is 7.21. The SMILES string of the molecule is CC1CCCC(N(C)C(=O)C2C3C=CC(C3)C2C(=O)O)C1. The van der Waals surface area contributed by atoms with Gasteiger partial charge in [0.15, 0.2) is 0 Å². The number of hydrogen-bond donors (Lipinski definition) is 1. The van der Waals surface area contributed by atoms with E-state index in [2.05, 4.69) is 13.0 Å². The highest BCUT2D eigenvalue weighted by molar-refractivity contribution is 5.87. The van der Waals surface area contributed by atoms with Crippen molar-refractivity contribution in [2.75, 3.05) is 7.05 Å². The number of rotatable bonds is 3. The Bertz CT molecular complexity index is 473. The summed E-state index contributed by atoms with van der Waals surface area (Å²) in [5, 5.41) is 9.48. The Kier molecular flexibility index (Phi) is 3.80. The Morgan fingerprint density at radius 3 is 2.38 bits per heavy atom. The summed E-state index contributed by atoms with van der Waals surface area (Å²) in [7, 11) is 1.87. The van der Waals surface area contributed by atoms with Gasteiger partial charge in [0.1, 0.15) is 0 Å². The van der Waals surface area contributed by atoms with Gasteiger partial charge in [-0.05, 0) is 37.0 Å². The summed E-state index contributed by atoms with van der Waals surface area (Å²) in [6.07, 6.45) is 9.41. The van der Waals surface area contributed by atoms with Gasteiger partial charge in [0, 0.05) is 13.1 Å². The van der Waals surface area contributed by atoms with Gasteiger partial charge in [0.2, 0.25) is 5.91 Å². The maximum Gasteiger partial charge on any atom is 0.307 e. The Balaban J connectivity index is 1.74. The lowest BCUT2D eigenvalue weighted by atomic mass is 9.80. The van der Waals surface area contributed by atoms with Crippen molar-refractivity contribution >= 4 is 11.9 Å². The van der Waals surface area contributed by atoms with E-state index in [0.717, 1.165) is 19.3 Å². The van der Waals surface area contributed by atoms with Crippen LogP contribution in [0, 0.1) is 29.6 Å². The van der Waals surface area contributed by atoms with Crippen molar-refractivity contribution in [3.8, 4) is 0 Å². The smallest absolute Gasteiger partial charge is 0.307 e. The normalized spacial score (nSPS) is 41.2. The summed E-state index contributed by atoms with van der Waals surface area (Å²) in [4.78, 5) is 26.3. The quantitative estimate of drug-likeness (QED) is 0.813. The molecule has 21 heavy (non-hydrogen) atoms. The molecule has 1 N–H and O–H groups in total. The minimum Gasteiger partial charge on any atom is -0.481 e. The molecule has 4 heteroatoms. The lowest BCUT2D eigenvalue weighted by Gasteiger charge is -2.37. The molecule has 0 heterocycles. The van der Waals surface area contributed by atoms with Gasteiger partial charge in [-0.15, -0.1) is 0 Å². The molecule has 0 spiro atoms. The number of carbonyl (C=O) groups is 2. The molecule has 6 atom stereocenters. The Labute approximate surface area is 126 Å². The van der Waals surface area contributed by atoms with Crippen LogP contribution in [-0.2, 0) is 9.59 Å². The van der Waals surface area contributed by atoms with E-state index in [1.165, 1.54) is 12.8 Å². The van der Waals surface area contributed by atoms with Gasteiger partial charge in [-0.2, -0.15) is 0 Å². The highest BCUT2D eigenvalue weighted by Crippen LogP contribution is 2.49. The average molecular weight is 291 g/mol. The zero-order valence-electron chi connectivity index (χ0n) is 12.9. The van der Waals surface area contributed by atoms with E-state index in [4.69, 9.17) is 0 Å². The molecule has 3 rings (SSSR count). The van der Waals surface area contributed by atoms with Crippen LogP contribution in [0.5, 0.6) is 0 Å². The molecule has 0 aromatic heterocycles. The second-order valence-electron chi connectivity index (χ2n) is 7.21. The third-order valence-corrected chi connectivity index (χ3v) is 5.83. The monoisotopic (exact) mass is 291 g/mol. The van der Waals surface area contributed by atoms with Gasteiger partial charge >= 0.3 is 5.97 Å². The molecular weight excluding hydrogens is 266 g/mol. The predicted octanol–water partition coefficient (Wildman–Crippen LogP) is 2.55. The van der Waals surface area contributed by atoms with Crippen LogP contribution in [0.15, 0.2) is 12.2 Å². The van der Waals surface area contributed by atoms with Gasteiger partial charge in [-0.25, -0.2) is 0 Å². The second kappa shape index (κ2) is 5.47. The molecule has 1 amide bonds. The fourth-order valence-corrected chi connectivity index (χ4v) is 4.66. The lowest BCUT2D eigenvalue weighted by molar-refractivity contribution is -0.151. The summed E-state index contributed by atoms with van der Waals surface area (Å²) in [5.41, 5.74) is 0. The van der Waals surface area contributed by atoms with E-state index in [1.807, 2.05) is 18.0 Å². The molecule has 6 unspecified atom stereocenters. The molecule has 0 aliphatic heterocycles. The molecule has 3 aliphatic rings. The fourth-order valence-electron chi connectivity index (χ4n) is 4.66. The van der Waals surface area contributed by atoms with Crippen LogP contribution in [0.1, 0.15) is 39.0 Å². The van der Waals surface area contributed by atoms with Crippen molar-refractivity contribution in [2.45, 2.75) is 45.1 Å². The number of fused-ring (bicyclic) bond motifs is 2. The Morgan fingerprint density at radius 2 is 1.76 bits per heavy atom. The Hall–Kier alpha value is -1.32. The van der Waals surface area contributed by atoms with Crippen molar-refractivity contribution in [3.05, 3.63) is 12.2 Å². The Morgan fingerprint density at radius 1 is 1.10 bits per heavy atom. The van der Waals surface area contributed by atoms with Gasteiger partial charge in [-0.3, -0.25) is 9.59 Å². The number of aliphatic carboxylic acids is 1. The highest BCUT2D eigenvalue weighted by atomic mass is 16.4. The van der Waals surface area contributed by atoms with Gasteiger partial charge in [0.05, 0.1) is 11.8 Å². The third-order valence-electron chi connectivity index (χ3n) is 5.83. The first kappa shape index (κ1) is 14.6. The van der Waals surface area contributed by atoms with Crippen LogP contribution >= 0.6 is 0 Å². The van der Waals surface area contributed by atoms with Gasteiger partial charge in [0.25, 0.3) is 0 Å². The third kappa shape index (κ3) is 2.49. The first-order chi connectivity index (χ1) is 9.99. The van der Waals surface area contributed by atoms with Crippen molar-refractivity contribution < 1.29 is 14.7 Å². The molecule has 116 valence electrons. The van der Waals surface area contributed by atoms with Crippen LogP contribution in [0.4, 0.5) is 0 Å².